The van der Waals surface area contributed by atoms with Gasteiger partial charge in [0.25, 0.3) is 0 Å². The van der Waals surface area contributed by atoms with Crippen molar-refractivity contribution in [1.82, 2.24) is 4.90 Å². The number of hydrogen-bond donors (Lipinski definition) is 0. The molecule has 0 radical (unpaired) electrons. The van der Waals surface area contributed by atoms with E-state index in [1.54, 1.807) is 4.90 Å². The van der Waals surface area contributed by atoms with E-state index in [4.69, 9.17) is 9.47 Å². The SMILES string of the molecule is O=C1O[C@H](c2ccccc2)[C@H](c2ccccc2)N(C(=O)OCc2ccccc2)[C@H]1C1CCCC1. The van der Waals surface area contributed by atoms with Crippen LogP contribution in [0.25, 0.3) is 0 Å². The molecule has 3 aromatic carbocycles. The molecule has 174 valence electrons. The van der Waals surface area contributed by atoms with Gasteiger partial charge in [-0.3, -0.25) is 4.90 Å². The molecule has 0 spiro atoms. The minimum absolute atomic E-state index is 0.0692. The summed E-state index contributed by atoms with van der Waals surface area (Å²) in [7, 11) is 0. The van der Waals surface area contributed by atoms with Crippen LogP contribution in [0.2, 0.25) is 0 Å². The average molecular weight is 456 g/mol. The van der Waals surface area contributed by atoms with Crippen molar-refractivity contribution in [3.05, 3.63) is 108 Å². The summed E-state index contributed by atoms with van der Waals surface area (Å²) in [6.07, 6.45) is 2.82. The van der Waals surface area contributed by atoms with Crippen molar-refractivity contribution in [2.24, 2.45) is 5.92 Å². The normalized spacial score (nSPS) is 22.9. The lowest BCUT2D eigenvalue weighted by Crippen LogP contribution is -2.56. The lowest BCUT2D eigenvalue weighted by molar-refractivity contribution is -0.176. The summed E-state index contributed by atoms with van der Waals surface area (Å²) in [4.78, 5) is 28.9. The second kappa shape index (κ2) is 10.1. The molecule has 1 aliphatic carbocycles. The van der Waals surface area contributed by atoms with Gasteiger partial charge in [-0.1, -0.05) is 104 Å². The van der Waals surface area contributed by atoms with Crippen LogP contribution in [0.15, 0.2) is 91.0 Å². The van der Waals surface area contributed by atoms with Gasteiger partial charge in [0.1, 0.15) is 18.7 Å². The summed E-state index contributed by atoms with van der Waals surface area (Å²) < 4.78 is 11.9. The molecule has 2 fully saturated rings. The van der Waals surface area contributed by atoms with Crippen LogP contribution in [0.5, 0.6) is 0 Å². The maximum atomic E-state index is 13.7. The minimum Gasteiger partial charge on any atom is -0.453 e. The fourth-order valence-electron chi connectivity index (χ4n) is 5.28. The number of nitrogens with zero attached hydrogens (tertiary/aromatic N) is 1. The number of amides is 1. The first kappa shape index (κ1) is 22.2. The van der Waals surface area contributed by atoms with Gasteiger partial charge in [0.2, 0.25) is 0 Å². The molecular formula is C29H29NO4. The van der Waals surface area contributed by atoms with Gasteiger partial charge in [-0.05, 0) is 35.4 Å². The number of carbonyl (C=O) groups is 2. The summed E-state index contributed by atoms with van der Waals surface area (Å²) in [5.41, 5.74) is 2.68. The quantitative estimate of drug-likeness (QED) is 0.428. The summed E-state index contributed by atoms with van der Waals surface area (Å²) in [6.45, 7) is 0.153. The number of cyclic esters (lactones) is 1. The van der Waals surface area contributed by atoms with Gasteiger partial charge in [0.05, 0.1) is 0 Å². The predicted octanol–water partition coefficient (Wildman–Crippen LogP) is 6.22. The largest absolute Gasteiger partial charge is 0.453 e. The molecule has 5 rings (SSSR count). The second-order valence-corrected chi connectivity index (χ2v) is 9.06. The molecule has 0 bridgehead atoms. The van der Waals surface area contributed by atoms with Crippen molar-refractivity contribution in [2.45, 2.75) is 50.5 Å². The Labute approximate surface area is 200 Å². The molecule has 0 unspecified atom stereocenters. The molecule has 0 aromatic heterocycles. The van der Waals surface area contributed by atoms with E-state index in [1.807, 2.05) is 91.0 Å². The summed E-state index contributed by atoms with van der Waals surface area (Å²) in [5, 5.41) is 0. The van der Waals surface area contributed by atoms with Gasteiger partial charge in [0, 0.05) is 0 Å². The highest BCUT2D eigenvalue weighted by molar-refractivity contribution is 5.84. The Morgan fingerprint density at radius 2 is 1.35 bits per heavy atom. The zero-order valence-electron chi connectivity index (χ0n) is 19.1. The molecule has 1 amide bonds. The topological polar surface area (TPSA) is 55.8 Å². The van der Waals surface area contributed by atoms with Crippen LogP contribution in [-0.4, -0.2) is 23.0 Å². The Morgan fingerprint density at radius 3 is 1.97 bits per heavy atom. The summed E-state index contributed by atoms with van der Waals surface area (Å²) in [5.74, 6) is -0.274. The first-order valence-electron chi connectivity index (χ1n) is 12.0. The number of carbonyl (C=O) groups excluding carboxylic acids is 2. The molecule has 34 heavy (non-hydrogen) atoms. The van der Waals surface area contributed by atoms with E-state index >= 15 is 0 Å². The standard InChI is InChI=1S/C29H29NO4/c31-28-26(23-16-10-11-17-23)30(29(32)33-20-21-12-4-1-5-13-21)25(22-14-6-2-7-15-22)27(34-28)24-18-8-3-9-19-24/h1-9,12-15,18-19,23,25-27H,10-11,16-17,20H2/t25-,26-,27+/m0/s1. The van der Waals surface area contributed by atoms with Gasteiger partial charge in [0.15, 0.2) is 6.10 Å². The first-order chi connectivity index (χ1) is 16.7. The maximum Gasteiger partial charge on any atom is 0.411 e. The number of morpholine rings is 1. The van der Waals surface area contributed by atoms with E-state index < -0.39 is 24.3 Å². The van der Waals surface area contributed by atoms with Crippen LogP contribution in [-0.2, 0) is 20.9 Å². The van der Waals surface area contributed by atoms with E-state index in [1.165, 1.54) is 0 Å². The molecule has 3 atom stereocenters. The second-order valence-electron chi connectivity index (χ2n) is 9.06. The van der Waals surface area contributed by atoms with Crippen molar-refractivity contribution in [3.63, 3.8) is 0 Å². The van der Waals surface area contributed by atoms with Crippen LogP contribution < -0.4 is 0 Å². The third kappa shape index (κ3) is 4.56. The lowest BCUT2D eigenvalue weighted by atomic mass is 9.87. The van der Waals surface area contributed by atoms with Crippen LogP contribution in [0.1, 0.15) is 54.5 Å². The fourth-order valence-corrected chi connectivity index (χ4v) is 5.28. The molecule has 5 nitrogen and oxygen atoms in total. The molecule has 1 saturated heterocycles. The first-order valence-corrected chi connectivity index (χ1v) is 12.0. The molecule has 5 heteroatoms. The molecule has 3 aromatic rings. The van der Waals surface area contributed by atoms with E-state index in [0.29, 0.717) is 0 Å². The third-order valence-corrected chi connectivity index (χ3v) is 6.90. The monoisotopic (exact) mass is 455 g/mol. The predicted molar refractivity (Wildman–Crippen MR) is 129 cm³/mol. The fraction of sp³-hybridized carbons (Fsp3) is 0.310. The maximum absolute atomic E-state index is 13.7. The van der Waals surface area contributed by atoms with E-state index in [0.717, 1.165) is 42.4 Å². The van der Waals surface area contributed by atoms with Gasteiger partial charge < -0.3 is 9.47 Å². The Morgan fingerprint density at radius 1 is 0.794 bits per heavy atom. The van der Waals surface area contributed by atoms with Crippen LogP contribution in [0.4, 0.5) is 4.79 Å². The van der Waals surface area contributed by atoms with Crippen LogP contribution in [0, 0.1) is 5.92 Å². The summed E-state index contributed by atoms with van der Waals surface area (Å²) in [6, 6.07) is 28.0. The number of benzene rings is 3. The Balaban J connectivity index is 1.55. The van der Waals surface area contributed by atoms with Gasteiger partial charge in [-0.15, -0.1) is 0 Å². The molecule has 2 aliphatic rings. The van der Waals surface area contributed by atoms with E-state index in [2.05, 4.69) is 0 Å². The van der Waals surface area contributed by atoms with Gasteiger partial charge >= 0.3 is 12.1 Å². The lowest BCUT2D eigenvalue weighted by Gasteiger charge is -2.46. The highest BCUT2D eigenvalue weighted by Crippen LogP contribution is 2.46. The van der Waals surface area contributed by atoms with Crippen LogP contribution in [0.3, 0.4) is 0 Å². The zero-order valence-corrected chi connectivity index (χ0v) is 19.1. The smallest absolute Gasteiger partial charge is 0.411 e. The zero-order chi connectivity index (χ0) is 23.3. The van der Waals surface area contributed by atoms with Crippen molar-refractivity contribution in [1.29, 1.82) is 0 Å². The Kier molecular flexibility index (Phi) is 6.61. The van der Waals surface area contributed by atoms with Crippen molar-refractivity contribution in [2.75, 3.05) is 0 Å². The van der Waals surface area contributed by atoms with Crippen molar-refractivity contribution in [3.8, 4) is 0 Å². The highest BCUT2D eigenvalue weighted by Gasteiger charge is 2.51. The number of rotatable bonds is 5. The van der Waals surface area contributed by atoms with Gasteiger partial charge in [-0.2, -0.15) is 0 Å². The summed E-state index contributed by atoms with van der Waals surface area (Å²) >= 11 is 0. The number of hydrogen-bond acceptors (Lipinski definition) is 4. The molecule has 1 saturated carbocycles. The number of esters is 1. The van der Waals surface area contributed by atoms with Crippen molar-refractivity contribution >= 4 is 12.1 Å². The molecule has 1 aliphatic heterocycles. The Bertz CT molecular complexity index is 1100. The van der Waals surface area contributed by atoms with Crippen molar-refractivity contribution < 1.29 is 19.1 Å². The molecule has 1 heterocycles. The van der Waals surface area contributed by atoms with E-state index in [9.17, 15) is 9.59 Å². The van der Waals surface area contributed by atoms with Gasteiger partial charge in [-0.25, -0.2) is 9.59 Å². The highest BCUT2D eigenvalue weighted by atomic mass is 16.6. The Hall–Kier alpha value is -3.60. The minimum atomic E-state index is -0.657. The van der Waals surface area contributed by atoms with E-state index in [-0.39, 0.29) is 18.5 Å². The molecular weight excluding hydrogens is 426 g/mol. The number of ether oxygens (including phenoxy) is 2. The average Bonchev–Trinajstić information content (AvgIpc) is 3.43. The molecule has 0 N–H and O–H groups in total. The third-order valence-electron chi connectivity index (χ3n) is 6.90. The van der Waals surface area contributed by atoms with Crippen LogP contribution >= 0.6 is 0 Å².